The number of aliphatic hydroxyl groups excluding tert-OH is 2. The highest BCUT2D eigenvalue weighted by Crippen LogP contribution is 2.42. The zero-order valence-electron chi connectivity index (χ0n) is 64.1. The van der Waals surface area contributed by atoms with Gasteiger partial charge in [-0.3, -0.25) is 9.98 Å². The lowest BCUT2D eigenvalue weighted by atomic mass is 9.97. The van der Waals surface area contributed by atoms with Gasteiger partial charge in [-0.15, -0.1) is 0 Å². The molecule has 16 heterocycles. The lowest BCUT2D eigenvalue weighted by Crippen LogP contribution is -2.26. The standard InChI is InChI=1S/C96H80N16O2/c1-107-49-35-63(36-50-107)89-75-23-19-71(99-75)87(72-20-24-76(100-72)90(64-37-51-108(2)52-38-64)80-28-32-84(104-80)93(83-31-27-79(89)103-83)67-43-57-111(5)58-44-67)61-11-15-69(16-12-61)95(113)97-47-9-7-8-10-48-98-96(114)70-17-13-62(14-18-70)88-73-21-25-77(101-73)91(65-39-53-109(3)54-40-65)81-29-33-85(105-81)94(68-45-59-112(6)60-46-68)86-34-30-82(106-86)92(78-26-22-74(88)102-78)66-41-55-110(4)56-42-66/h11-46,49-60H,7-10,47-48H2,1-6H3,(H2-2,97,98,99,100,101,102,103,104,105,106,113,114)/q+2/p+2. The number of unbranched alkanes of at least 4 members (excludes halogenated alkanes) is 3. The number of fused-ring (bicyclic) bond motifs is 10. The molecule has 554 valence electrons. The van der Waals surface area contributed by atoms with E-state index in [4.69, 9.17) is 30.0 Å². The van der Waals surface area contributed by atoms with E-state index in [0.29, 0.717) is 24.2 Å². The summed E-state index contributed by atoms with van der Waals surface area (Å²) >= 11 is 0. The Morgan fingerprint density at radius 2 is 0.535 bits per heavy atom. The van der Waals surface area contributed by atoms with E-state index in [2.05, 4.69) is 240 Å². The van der Waals surface area contributed by atoms with Crippen molar-refractivity contribution in [3.8, 4) is 0 Å². The van der Waals surface area contributed by atoms with Crippen LogP contribution in [0.25, 0.3) is 39.0 Å². The average Bonchev–Trinajstić information content (AvgIpc) is 1.61. The monoisotopic (exact) mass is 1490 g/mol. The highest BCUT2D eigenvalue weighted by molar-refractivity contribution is 6.39. The largest absolute Gasteiger partial charge is 0.493 e. The van der Waals surface area contributed by atoms with Gasteiger partial charge in [0.2, 0.25) is 11.8 Å². The van der Waals surface area contributed by atoms with E-state index in [9.17, 15) is 10.2 Å². The minimum Gasteiger partial charge on any atom is -0.493 e. The summed E-state index contributed by atoms with van der Waals surface area (Å²) in [5.41, 5.74) is 29.4. The molecule has 10 aliphatic heterocycles. The number of aryl methyl sites for hydroxylation is 4. The van der Waals surface area contributed by atoms with Gasteiger partial charge in [0.05, 0.1) is 68.5 Å². The molecule has 0 fully saturated rings. The molecule has 18 nitrogen and oxygen atoms in total. The Kier molecular flexibility index (Phi) is 19.0. The molecule has 0 saturated heterocycles. The van der Waals surface area contributed by atoms with E-state index >= 15 is 0 Å². The van der Waals surface area contributed by atoms with Crippen LogP contribution in [-0.2, 0) is 28.2 Å². The quantitative estimate of drug-likeness (QED) is 0.0344. The minimum absolute atomic E-state index is 0.0223. The SMILES string of the molecule is CN1C=CC(=C2C3=NC(=C(c4cc[n+](C)cc4)C4=NC(=C(c5cc[n+](C)cc5)c5ccc([nH]5)C(c5ccc(C(O)=NCCCCCCN=C(O)c6ccc(C7=C8C=CC(=N8)C(c8cc[n+](C)cc8)=C8C=CC(=N8)C(c8cc[n+](C)cc8)=C8C=CC(=N8)C(=C8C=CN(C)C=C8)c8ccc7[nH]8)cc6)cc5)=C5C=CC2=N5)C=C4)C=C3)C=C1. The maximum Gasteiger partial charge on any atom is 0.213 e. The normalized spacial score (nSPS) is 17.6. The van der Waals surface area contributed by atoms with Crippen LogP contribution in [-0.4, -0.2) is 103 Å². The number of aromatic nitrogens is 6. The van der Waals surface area contributed by atoms with Gasteiger partial charge in [-0.05, 0) is 203 Å². The van der Waals surface area contributed by atoms with E-state index in [0.717, 1.165) is 206 Å². The van der Waals surface area contributed by atoms with Crippen molar-refractivity contribution in [3.63, 3.8) is 0 Å². The smallest absolute Gasteiger partial charge is 0.213 e. The zero-order valence-corrected chi connectivity index (χ0v) is 64.1. The van der Waals surface area contributed by atoms with E-state index in [-0.39, 0.29) is 11.8 Å². The molecule has 6 aromatic heterocycles. The first-order chi connectivity index (χ1) is 55.7. The fourth-order valence-electron chi connectivity index (χ4n) is 15.4. The molecule has 18 heteroatoms. The van der Waals surface area contributed by atoms with Gasteiger partial charge >= 0.3 is 0 Å². The number of nitrogens with one attached hydrogen (secondary N) is 2. The fraction of sp³-hybridized carbons (Fsp3) is 0.125. The van der Waals surface area contributed by atoms with Gasteiger partial charge in [0.1, 0.15) is 28.2 Å². The first-order valence-corrected chi connectivity index (χ1v) is 38.4. The van der Waals surface area contributed by atoms with E-state index < -0.39 is 0 Å². The van der Waals surface area contributed by atoms with Crippen molar-refractivity contribution in [1.29, 1.82) is 0 Å². The molecule has 0 amide bonds. The van der Waals surface area contributed by atoms with Crippen LogP contribution >= 0.6 is 0 Å². The third-order valence-corrected chi connectivity index (χ3v) is 21.4. The molecule has 8 aromatic rings. The third kappa shape index (κ3) is 14.2. The predicted octanol–water partition coefficient (Wildman–Crippen LogP) is 15.1. The molecule has 0 aliphatic carbocycles. The molecule has 114 heavy (non-hydrogen) atoms. The second kappa shape index (κ2) is 30.4. The van der Waals surface area contributed by atoms with E-state index in [1.807, 2.05) is 144 Å². The molecule has 18 rings (SSSR count). The third-order valence-electron chi connectivity index (χ3n) is 21.4. The van der Waals surface area contributed by atoms with Gasteiger partial charge in [-0.2, -0.15) is 0 Å². The summed E-state index contributed by atoms with van der Waals surface area (Å²) in [6.45, 7) is 0.901. The first-order valence-electron chi connectivity index (χ1n) is 38.4. The minimum atomic E-state index is -0.0223. The Balaban J connectivity index is 0.583. The van der Waals surface area contributed by atoms with Crippen molar-refractivity contribution in [2.75, 3.05) is 27.2 Å². The average molecular weight is 1490 g/mol. The molecule has 0 unspecified atom stereocenters. The van der Waals surface area contributed by atoms with Crippen LogP contribution in [0.3, 0.4) is 0 Å². The Bertz CT molecular complexity index is 6240. The molecule has 16 bridgehead atoms. The van der Waals surface area contributed by atoms with Crippen molar-refractivity contribution in [2.24, 2.45) is 68.1 Å². The van der Waals surface area contributed by atoms with Crippen LogP contribution in [0.1, 0.15) is 93.0 Å². The maximum atomic E-state index is 11.5. The number of aliphatic hydroxyl groups is 2. The number of H-pyrrole nitrogens is 2. The molecule has 0 radical (unpaired) electrons. The topological polar surface area (TPSA) is 193 Å². The summed E-state index contributed by atoms with van der Waals surface area (Å²) in [5, 5.41) is 23.0. The first kappa shape index (κ1) is 71.1. The van der Waals surface area contributed by atoms with Gasteiger partial charge < -0.3 is 30.0 Å². The number of allylic oxidation sites excluding steroid dienone is 23. The summed E-state index contributed by atoms with van der Waals surface area (Å²) in [6, 6.07) is 41.2. The number of rotatable bonds is 15. The number of hydrogen-bond acceptors (Lipinski definition) is 10. The van der Waals surface area contributed by atoms with Gasteiger partial charge in [-0.25, -0.2) is 48.2 Å². The lowest BCUT2D eigenvalue weighted by molar-refractivity contribution is -0.671. The van der Waals surface area contributed by atoms with Gasteiger partial charge in [-0.1, -0.05) is 37.1 Å². The number of aliphatic imine (C=N–C) groups is 8. The molecule has 0 saturated carbocycles. The second-order valence-electron chi connectivity index (χ2n) is 29.4. The molecule has 10 aliphatic rings. The van der Waals surface area contributed by atoms with Gasteiger partial charge in [0.15, 0.2) is 49.6 Å². The van der Waals surface area contributed by atoms with Crippen LogP contribution in [0.15, 0.2) is 384 Å². The molecule has 0 spiro atoms. The van der Waals surface area contributed by atoms with E-state index in [1.54, 1.807) is 0 Å². The van der Waals surface area contributed by atoms with Crippen LogP contribution in [0.2, 0.25) is 0 Å². The maximum absolute atomic E-state index is 11.5. The summed E-state index contributed by atoms with van der Waals surface area (Å²) in [6.07, 6.45) is 61.5. The van der Waals surface area contributed by atoms with Crippen LogP contribution in [0.5, 0.6) is 0 Å². The lowest BCUT2D eigenvalue weighted by Gasteiger charge is -2.16. The number of nitrogens with zero attached hydrogens (tertiary/aromatic N) is 14. The summed E-state index contributed by atoms with van der Waals surface area (Å²) in [5.74, 6) is -0.0445. The van der Waals surface area contributed by atoms with Gasteiger partial charge in [0.25, 0.3) is 0 Å². The van der Waals surface area contributed by atoms with Gasteiger partial charge in [0, 0.05) is 179 Å². The Hall–Kier alpha value is -14.5. The van der Waals surface area contributed by atoms with Crippen LogP contribution < -0.4 is 18.3 Å². The fourth-order valence-corrected chi connectivity index (χ4v) is 15.4. The Labute approximate surface area is 661 Å². The number of benzene rings is 2. The van der Waals surface area contributed by atoms with Crippen molar-refractivity contribution >= 4 is 85.1 Å². The van der Waals surface area contributed by atoms with Crippen molar-refractivity contribution in [1.82, 2.24) is 19.8 Å². The summed E-state index contributed by atoms with van der Waals surface area (Å²) in [7, 11) is 12.1. The molecular weight excluding hydrogens is 1410 g/mol. The van der Waals surface area contributed by atoms with Crippen molar-refractivity contribution in [3.05, 3.63) is 411 Å². The number of hydrogen-bond donors (Lipinski definition) is 4. The Morgan fingerprint density at radius 3 is 0.842 bits per heavy atom. The number of pyridine rings is 4. The summed E-state index contributed by atoms with van der Waals surface area (Å²) in [4.78, 5) is 53.8. The Morgan fingerprint density at radius 1 is 0.289 bits per heavy atom. The number of aromatic amines is 2. The zero-order chi connectivity index (χ0) is 77.5. The van der Waals surface area contributed by atoms with Crippen LogP contribution in [0, 0.1) is 0 Å². The van der Waals surface area contributed by atoms with Crippen LogP contribution in [0.4, 0.5) is 0 Å². The molecular formula is C96H82N16O2+4. The molecule has 4 N–H and O–H groups in total. The molecule has 2 aromatic carbocycles. The van der Waals surface area contributed by atoms with Crippen molar-refractivity contribution < 1.29 is 28.5 Å². The highest BCUT2D eigenvalue weighted by Gasteiger charge is 2.31. The summed E-state index contributed by atoms with van der Waals surface area (Å²) < 4.78 is 8.11. The van der Waals surface area contributed by atoms with Crippen molar-refractivity contribution in [2.45, 2.75) is 25.7 Å². The predicted molar refractivity (Wildman–Crippen MR) is 456 cm³/mol. The second-order valence-corrected chi connectivity index (χ2v) is 29.4. The van der Waals surface area contributed by atoms with E-state index in [1.165, 1.54) is 0 Å². The molecule has 0 atom stereocenters. The highest BCUT2D eigenvalue weighted by atomic mass is 16.3.